The maximum absolute atomic E-state index is 10.7. The Bertz CT molecular complexity index is 956. The lowest BCUT2D eigenvalue weighted by Gasteiger charge is -1.91. The number of nitrogens with zero attached hydrogens (tertiary/aromatic N) is 1. The molecule has 0 saturated heterocycles. The van der Waals surface area contributed by atoms with Crippen molar-refractivity contribution >= 4 is 38.5 Å². The van der Waals surface area contributed by atoms with Crippen molar-refractivity contribution in [3.05, 3.63) is 76.6 Å². The molecule has 5 nitrogen and oxygen atoms in total. The molecular formula is C18H15NO4S. The van der Waals surface area contributed by atoms with E-state index in [1.54, 1.807) is 23.5 Å². The van der Waals surface area contributed by atoms with Gasteiger partial charge in [-0.15, -0.1) is 11.3 Å². The lowest BCUT2D eigenvalue weighted by atomic mass is 10.2. The summed E-state index contributed by atoms with van der Waals surface area (Å²) >= 11 is 1.68. The van der Waals surface area contributed by atoms with Gasteiger partial charge in [-0.1, -0.05) is 30.3 Å². The number of aromatic nitrogens is 1. The molecule has 0 aliphatic carbocycles. The van der Waals surface area contributed by atoms with Gasteiger partial charge in [-0.3, -0.25) is 4.79 Å². The molecule has 0 spiro atoms. The molecular weight excluding hydrogens is 326 g/mol. The van der Waals surface area contributed by atoms with Gasteiger partial charge in [0.15, 0.2) is 0 Å². The van der Waals surface area contributed by atoms with Crippen molar-refractivity contribution in [2.24, 2.45) is 0 Å². The molecule has 0 unspecified atom stereocenters. The van der Waals surface area contributed by atoms with Gasteiger partial charge in [0.25, 0.3) is 5.97 Å². The van der Waals surface area contributed by atoms with Crippen molar-refractivity contribution in [3.8, 4) is 0 Å². The highest BCUT2D eigenvalue weighted by Gasteiger charge is 1.92. The van der Waals surface area contributed by atoms with E-state index in [1.165, 1.54) is 10.8 Å². The largest absolute Gasteiger partial charge is 0.481 e. The summed E-state index contributed by atoms with van der Waals surface area (Å²) in [4.78, 5) is 23.9. The van der Waals surface area contributed by atoms with E-state index in [9.17, 15) is 4.79 Å². The number of aliphatic carboxylic acids is 1. The van der Waals surface area contributed by atoms with E-state index in [0.29, 0.717) is 5.58 Å². The number of carboxylic acid groups (broad SMARTS) is 1. The molecule has 24 heavy (non-hydrogen) atoms. The van der Waals surface area contributed by atoms with Crippen LogP contribution in [0.25, 0.3) is 21.2 Å². The fourth-order valence-electron chi connectivity index (χ4n) is 1.81. The first kappa shape index (κ1) is 17.4. The third-order valence-corrected chi connectivity index (χ3v) is 3.58. The molecule has 0 radical (unpaired) electrons. The second kappa shape index (κ2) is 8.59. The van der Waals surface area contributed by atoms with Crippen LogP contribution < -0.4 is 5.63 Å². The molecule has 2 aromatic heterocycles. The number of rotatable bonds is 0. The van der Waals surface area contributed by atoms with Crippen LogP contribution in [-0.4, -0.2) is 16.1 Å². The van der Waals surface area contributed by atoms with Crippen molar-refractivity contribution < 1.29 is 14.3 Å². The predicted molar refractivity (Wildman–Crippen MR) is 95.4 cm³/mol. The lowest BCUT2D eigenvalue weighted by Crippen LogP contribution is -1.93. The standard InChI is InChI=1S/C9H6O2.C7H5NS.C2H4O2/c10-9-6-5-7-3-1-2-4-8(7)11-9;1-2-4-7-6(3-1)8-5-9-7;1-2(3)4/h1-6H;1-5H;1H3,(H,3,4). The van der Waals surface area contributed by atoms with Gasteiger partial charge in [0, 0.05) is 18.4 Å². The zero-order chi connectivity index (χ0) is 17.4. The highest BCUT2D eigenvalue weighted by molar-refractivity contribution is 7.16. The molecule has 0 fully saturated rings. The summed E-state index contributed by atoms with van der Waals surface area (Å²) in [5.74, 6) is -0.833. The van der Waals surface area contributed by atoms with Crippen molar-refractivity contribution in [2.45, 2.75) is 6.92 Å². The summed E-state index contributed by atoms with van der Waals surface area (Å²) < 4.78 is 6.17. The molecule has 2 aromatic carbocycles. The van der Waals surface area contributed by atoms with Crippen LogP contribution >= 0.6 is 11.3 Å². The molecule has 0 saturated carbocycles. The number of hydrogen-bond donors (Lipinski definition) is 1. The van der Waals surface area contributed by atoms with Crippen LogP contribution in [0, 0.1) is 0 Å². The third-order valence-electron chi connectivity index (χ3n) is 2.77. The molecule has 0 aliphatic heterocycles. The Hall–Kier alpha value is -2.99. The Balaban J connectivity index is 0.000000145. The first-order chi connectivity index (χ1) is 11.6. The minimum absolute atomic E-state index is 0.302. The molecule has 2 heterocycles. The zero-order valence-electron chi connectivity index (χ0n) is 12.9. The number of para-hydroxylation sites is 2. The van der Waals surface area contributed by atoms with Crippen molar-refractivity contribution in [2.75, 3.05) is 0 Å². The second-order valence-corrected chi connectivity index (χ2v) is 5.52. The minimum atomic E-state index is -0.833. The second-order valence-electron chi connectivity index (χ2n) is 4.63. The number of thiazole rings is 1. The average molecular weight is 341 g/mol. The zero-order valence-corrected chi connectivity index (χ0v) is 13.7. The fraction of sp³-hybridized carbons (Fsp3) is 0.0556. The molecule has 0 amide bonds. The van der Waals surface area contributed by atoms with Crippen LogP contribution in [0.4, 0.5) is 0 Å². The van der Waals surface area contributed by atoms with E-state index in [1.807, 2.05) is 41.9 Å². The Morgan fingerprint density at radius 3 is 2.46 bits per heavy atom. The van der Waals surface area contributed by atoms with Gasteiger partial charge in [-0.05, 0) is 24.3 Å². The molecule has 4 rings (SSSR count). The maximum atomic E-state index is 10.7. The molecule has 0 atom stereocenters. The Labute approximate surface area is 141 Å². The van der Waals surface area contributed by atoms with E-state index in [4.69, 9.17) is 14.3 Å². The van der Waals surface area contributed by atoms with Crippen molar-refractivity contribution in [1.82, 2.24) is 4.98 Å². The van der Waals surface area contributed by atoms with E-state index in [-0.39, 0.29) is 5.63 Å². The summed E-state index contributed by atoms with van der Waals surface area (Å²) in [5, 5.41) is 8.37. The highest BCUT2D eigenvalue weighted by atomic mass is 32.1. The summed E-state index contributed by atoms with van der Waals surface area (Å²) in [6.07, 6.45) is 0. The summed E-state index contributed by atoms with van der Waals surface area (Å²) in [6, 6.07) is 18.7. The summed E-state index contributed by atoms with van der Waals surface area (Å²) in [7, 11) is 0. The van der Waals surface area contributed by atoms with Gasteiger partial charge in [0.05, 0.1) is 15.7 Å². The average Bonchev–Trinajstić information content (AvgIpc) is 3.03. The molecule has 122 valence electrons. The van der Waals surface area contributed by atoms with E-state index in [0.717, 1.165) is 17.8 Å². The van der Waals surface area contributed by atoms with Crippen LogP contribution in [0.2, 0.25) is 0 Å². The van der Waals surface area contributed by atoms with Gasteiger partial charge >= 0.3 is 5.63 Å². The number of fused-ring (bicyclic) bond motifs is 2. The number of carbonyl (C=O) groups is 1. The third kappa shape index (κ3) is 5.33. The molecule has 0 aliphatic rings. The van der Waals surface area contributed by atoms with Crippen LogP contribution in [0.15, 0.2) is 75.4 Å². The van der Waals surface area contributed by atoms with Gasteiger partial charge in [-0.25, -0.2) is 9.78 Å². The highest BCUT2D eigenvalue weighted by Crippen LogP contribution is 2.15. The Morgan fingerprint density at radius 2 is 1.71 bits per heavy atom. The van der Waals surface area contributed by atoms with E-state index in [2.05, 4.69) is 11.1 Å². The maximum Gasteiger partial charge on any atom is 0.336 e. The van der Waals surface area contributed by atoms with Crippen molar-refractivity contribution in [3.63, 3.8) is 0 Å². The Morgan fingerprint density at radius 1 is 1.04 bits per heavy atom. The SMILES string of the molecule is CC(=O)O.O=c1ccc2ccccc2o1.c1ccc2scnc2c1. The number of hydrogen-bond acceptors (Lipinski definition) is 5. The van der Waals surface area contributed by atoms with Crippen LogP contribution in [0.1, 0.15) is 6.92 Å². The van der Waals surface area contributed by atoms with Crippen LogP contribution in [0.5, 0.6) is 0 Å². The molecule has 4 aromatic rings. The first-order valence-electron chi connectivity index (χ1n) is 7.03. The molecule has 1 N–H and O–H groups in total. The molecule has 0 bridgehead atoms. The van der Waals surface area contributed by atoms with E-state index >= 15 is 0 Å². The van der Waals surface area contributed by atoms with E-state index < -0.39 is 5.97 Å². The first-order valence-corrected chi connectivity index (χ1v) is 7.91. The van der Waals surface area contributed by atoms with Gasteiger partial charge in [-0.2, -0.15) is 0 Å². The summed E-state index contributed by atoms with van der Waals surface area (Å²) in [5.41, 5.74) is 3.30. The Kier molecular flexibility index (Phi) is 6.22. The van der Waals surface area contributed by atoms with Crippen molar-refractivity contribution in [1.29, 1.82) is 0 Å². The fourth-order valence-corrected chi connectivity index (χ4v) is 2.49. The summed E-state index contributed by atoms with van der Waals surface area (Å²) in [6.45, 7) is 1.08. The van der Waals surface area contributed by atoms with Crippen LogP contribution in [0.3, 0.4) is 0 Å². The smallest absolute Gasteiger partial charge is 0.336 e. The number of carboxylic acids is 1. The van der Waals surface area contributed by atoms with Gasteiger partial charge < -0.3 is 9.52 Å². The van der Waals surface area contributed by atoms with Crippen LogP contribution in [-0.2, 0) is 4.79 Å². The number of benzene rings is 2. The predicted octanol–water partition coefficient (Wildman–Crippen LogP) is 4.18. The van der Waals surface area contributed by atoms with Gasteiger partial charge in [0.2, 0.25) is 0 Å². The normalized spacial score (nSPS) is 9.54. The lowest BCUT2D eigenvalue weighted by molar-refractivity contribution is -0.134. The van der Waals surface area contributed by atoms with Gasteiger partial charge in [0.1, 0.15) is 5.58 Å². The molecule has 6 heteroatoms. The quantitative estimate of drug-likeness (QED) is 0.485. The minimum Gasteiger partial charge on any atom is -0.481 e. The topological polar surface area (TPSA) is 80.4 Å². The monoisotopic (exact) mass is 341 g/mol.